The quantitative estimate of drug-likeness (QED) is 0.786. The van der Waals surface area contributed by atoms with Crippen molar-refractivity contribution in [1.29, 1.82) is 0 Å². The minimum atomic E-state index is -0.898. The monoisotopic (exact) mass is 300 g/mol. The van der Waals surface area contributed by atoms with Crippen molar-refractivity contribution >= 4 is 12.0 Å². The van der Waals surface area contributed by atoms with Gasteiger partial charge in [0.1, 0.15) is 0 Å². The maximum absolute atomic E-state index is 12.4. The van der Waals surface area contributed by atoms with Gasteiger partial charge >= 0.3 is 12.0 Å². The van der Waals surface area contributed by atoms with Crippen molar-refractivity contribution < 1.29 is 24.5 Å². The highest BCUT2D eigenvalue weighted by Crippen LogP contribution is 2.23. The first-order valence-corrected chi connectivity index (χ1v) is 7.44. The first-order valence-electron chi connectivity index (χ1n) is 7.44. The Morgan fingerprint density at radius 2 is 2.05 bits per heavy atom. The van der Waals surface area contributed by atoms with Crippen molar-refractivity contribution in [3.8, 4) is 0 Å². The number of carbonyl (C=O) groups excluding carboxylic acids is 1. The van der Waals surface area contributed by atoms with E-state index in [0.717, 1.165) is 0 Å². The van der Waals surface area contributed by atoms with Gasteiger partial charge in [-0.2, -0.15) is 0 Å². The second kappa shape index (κ2) is 6.62. The number of aliphatic carboxylic acids is 1. The molecule has 0 spiro atoms. The van der Waals surface area contributed by atoms with E-state index in [2.05, 4.69) is 0 Å². The molecule has 2 rings (SSSR count). The van der Waals surface area contributed by atoms with E-state index in [9.17, 15) is 14.7 Å². The zero-order chi connectivity index (χ0) is 15.5. The van der Waals surface area contributed by atoms with Crippen LogP contribution in [-0.4, -0.2) is 77.5 Å². The van der Waals surface area contributed by atoms with Gasteiger partial charge in [0.25, 0.3) is 0 Å². The Morgan fingerprint density at radius 1 is 1.38 bits per heavy atom. The standard InChI is InChI=1S/C14H24N2O5/c1-15(10-14(20)4-7-21-8-5-14)13(19)16-6-2-3-11(9-16)12(17)18/h11,20H,2-10H2,1H3,(H,17,18)/t11-/m0/s1. The van der Waals surface area contributed by atoms with Gasteiger partial charge in [-0.25, -0.2) is 4.79 Å². The molecule has 0 aromatic heterocycles. The van der Waals surface area contributed by atoms with Crippen LogP contribution in [0.5, 0.6) is 0 Å². The van der Waals surface area contributed by atoms with Crippen LogP contribution >= 0.6 is 0 Å². The molecule has 0 aromatic rings. The largest absolute Gasteiger partial charge is 0.481 e. The number of carboxylic acids is 1. The van der Waals surface area contributed by atoms with E-state index in [0.29, 0.717) is 45.4 Å². The van der Waals surface area contributed by atoms with Crippen LogP contribution in [-0.2, 0) is 9.53 Å². The lowest BCUT2D eigenvalue weighted by Gasteiger charge is -2.38. The second-order valence-electron chi connectivity index (χ2n) is 6.10. The third-order valence-corrected chi connectivity index (χ3v) is 4.32. The number of rotatable bonds is 3. The SMILES string of the molecule is CN(CC1(O)CCOCC1)C(=O)N1CCC[C@H](C(=O)O)C1. The fraction of sp³-hybridized carbons (Fsp3) is 0.857. The summed E-state index contributed by atoms with van der Waals surface area (Å²) in [5.41, 5.74) is -0.898. The Hall–Kier alpha value is -1.34. The van der Waals surface area contributed by atoms with Gasteiger partial charge in [0.15, 0.2) is 0 Å². The van der Waals surface area contributed by atoms with E-state index < -0.39 is 17.5 Å². The summed E-state index contributed by atoms with van der Waals surface area (Å²) in [6.45, 7) is 2.09. The number of hydrogen-bond donors (Lipinski definition) is 2. The number of likely N-dealkylation sites (N-methyl/N-ethyl adjacent to an activating group) is 1. The van der Waals surface area contributed by atoms with Gasteiger partial charge in [0, 0.05) is 46.2 Å². The molecule has 0 radical (unpaired) electrons. The summed E-state index contributed by atoms with van der Waals surface area (Å²) in [6, 6.07) is -0.208. The highest BCUT2D eigenvalue weighted by molar-refractivity contribution is 5.76. The minimum Gasteiger partial charge on any atom is -0.481 e. The molecule has 21 heavy (non-hydrogen) atoms. The predicted molar refractivity (Wildman–Crippen MR) is 75.0 cm³/mol. The van der Waals surface area contributed by atoms with Crippen LogP contribution in [0.25, 0.3) is 0 Å². The summed E-state index contributed by atoms with van der Waals surface area (Å²) in [6.07, 6.45) is 2.35. The Bertz CT molecular complexity index is 395. The average molecular weight is 300 g/mol. The summed E-state index contributed by atoms with van der Waals surface area (Å²) in [5.74, 6) is -1.33. The molecule has 0 bridgehead atoms. The molecule has 7 heteroatoms. The normalized spacial score (nSPS) is 25.4. The Labute approximate surface area is 124 Å². The van der Waals surface area contributed by atoms with E-state index in [-0.39, 0.29) is 19.1 Å². The molecule has 1 atom stereocenters. The number of carbonyl (C=O) groups is 2. The lowest BCUT2D eigenvalue weighted by Crippen LogP contribution is -2.53. The third kappa shape index (κ3) is 4.07. The van der Waals surface area contributed by atoms with Crippen molar-refractivity contribution in [1.82, 2.24) is 9.80 Å². The van der Waals surface area contributed by atoms with Gasteiger partial charge in [-0.15, -0.1) is 0 Å². The summed E-state index contributed by atoms with van der Waals surface area (Å²) >= 11 is 0. The lowest BCUT2D eigenvalue weighted by atomic mass is 9.94. The number of nitrogens with zero attached hydrogens (tertiary/aromatic N) is 2. The highest BCUT2D eigenvalue weighted by Gasteiger charge is 2.35. The molecule has 0 aliphatic carbocycles. The summed E-state index contributed by atoms with van der Waals surface area (Å²) in [7, 11) is 1.65. The molecule has 2 heterocycles. The van der Waals surface area contributed by atoms with Crippen molar-refractivity contribution in [2.75, 3.05) is 39.9 Å². The molecule has 2 amide bonds. The molecule has 0 unspecified atom stereocenters. The average Bonchev–Trinajstić information content (AvgIpc) is 2.46. The fourth-order valence-electron chi connectivity index (χ4n) is 3.01. The summed E-state index contributed by atoms with van der Waals surface area (Å²) < 4.78 is 5.22. The van der Waals surface area contributed by atoms with Gasteiger partial charge in [-0.1, -0.05) is 0 Å². The van der Waals surface area contributed by atoms with Crippen molar-refractivity contribution in [2.24, 2.45) is 5.92 Å². The summed E-state index contributed by atoms with van der Waals surface area (Å²) in [5, 5.41) is 19.5. The number of urea groups is 1. The molecular formula is C14H24N2O5. The minimum absolute atomic E-state index is 0.208. The molecule has 2 aliphatic rings. The second-order valence-corrected chi connectivity index (χ2v) is 6.10. The maximum Gasteiger partial charge on any atom is 0.319 e. The van der Waals surface area contributed by atoms with E-state index in [4.69, 9.17) is 9.84 Å². The van der Waals surface area contributed by atoms with Gasteiger partial charge in [0.05, 0.1) is 18.1 Å². The van der Waals surface area contributed by atoms with Crippen LogP contribution in [0.4, 0.5) is 4.79 Å². The van der Waals surface area contributed by atoms with Crippen LogP contribution in [0.1, 0.15) is 25.7 Å². The van der Waals surface area contributed by atoms with Gasteiger partial charge in [0.2, 0.25) is 0 Å². The van der Waals surface area contributed by atoms with E-state index in [1.165, 1.54) is 4.90 Å². The maximum atomic E-state index is 12.4. The molecule has 7 nitrogen and oxygen atoms in total. The van der Waals surface area contributed by atoms with E-state index >= 15 is 0 Å². The number of likely N-dealkylation sites (tertiary alicyclic amines) is 1. The van der Waals surface area contributed by atoms with Crippen molar-refractivity contribution in [3.05, 3.63) is 0 Å². The van der Waals surface area contributed by atoms with Crippen molar-refractivity contribution in [2.45, 2.75) is 31.3 Å². The van der Waals surface area contributed by atoms with Crippen LogP contribution in [0.2, 0.25) is 0 Å². The zero-order valence-electron chi connectivity index (χ0n) is 12.5. The highest BCUT2D eigenvalue weighted by atomic mass is 16.5. The number of carboxylic acid groups (broad SMARTS) is 1. The van der Waals surface area contributed by atoms with Gasteiger partial charge in [-0.05, 0) is 12.8 Å². The smallest absolute Gasteiger partial charge is 0.319 e. The number of aliphatic hydroxyl groups is 1. The van der Waals surface area contributed by atoms with Crippen molar-refractivity contribution in [3.63, 3.8) is 0 Å². The number of hydrogen-bond acceptors (Lipinski definition) is 4. The fourth-order valence-corrected chi connectivity index (χ4v) is 3.01. The molecular weight excluding hydrogens is 276 g/mol. The predicted octanol–water partition coefficient (Wildman–Crippen LogP) is 0.376. The summed E-state index contributed by atoms with van der Waals surface area (Å²) in [4.78, 5) is 26.5. The topological polar surface area (TPSA) is 90.3 Å². The Balaban J connectivity index is 1.90. The van der Waals surface area contributed by atoms with Crippen LogP contribution in [0, 0.1) is 5.92 Å². The number of ether oxygens (including phenoxy) is 1. The van der Waals surface area contributed by atoms with Crippen LogP contribution in [0.3, 0.4) is 0 Å². The molecule has 2 fully saturated rings. The zero-order valence-corrected chi connectivity index (χ0v) is 12.5. The van der Waals surface area contributed by atoms with Gasteiger partial charge < -0.3 is 24.7 Å². The van der Waals surface area contributed by atoms with Crippen LogP contribution in [0.15, 0.2) is 0 Å². The number of amides is 2. The Morgan fingerprint density at radius 3 is 2.67 bits per heavy atom. The number of piperidine rings is 1. The Kier molecular flexibility index (Phi) is 5.05. The molecule has 0 aromatic carbocycles. The first kappa shape index (κ1) is 16.0. The molecule has 2 saturated heterocycles. The lowest BCUT2D eigenvalue weighted by molar-refractivity contribution is -0.143. The molecule has 2 aliphatic heterocycles. The molecule has 2 N–H and O–H groups in total. The third-order valence-electron chi connectivity index (χ3n) is 4.32. The first-order chi connectivity index (χ1) is 9.91. The molecule has 120 valence electrons. The van der Waals surface area contributed by atoms with E-state index in [1.807, 2.05) is 0 Å². The van der Waals surface area contributed by atoms with Crippen LogP contribution < -0.4 is 0 Å². The van der Waals surface area contributed by atoms with Gasteiger partial charge in [-0.3, -0.25) is 4.79 Å². The molecule has 0 saturated carbocycles. The van der Waals surface area contributed by atoms with E-state index in [1.54, 1.807) is 11.9 Å².